The van der Waals surface area contributed by atoms with Crippen LogP contribution in [-0.2, 0) is 14.8 Å². The van der Waals surface area contributed by atoms with Crippen molar-refractivity contribution in [1.29, 1.82) is 0 Å². The van der Waals surface area contributed by atoms with Crippen LogP contribution in [0, 0.1) is 18.3 Å². The minimum absolute atomic E-state index is 0.0281. The number of terminal acetylenes is 1. The molecule has 0 spiro atoms. The Bertz CT molecular complexity index is 1180. The van der Waals surface area contributed by atoms with E-state index in [0.717, 1.165) is 11.5 Å². The molecule has 0 aliphatic heterocycles. The Morgan fingerprint density at radius 3 is 2.44 bits per heavy atom. The zero-order valence-corrected chi connectivity index (χ0v) is 19.2. The van der Waals surface area contributed by atoms with Crippen LogP contribution < -0.4 is 10.0 Å². The van der Waals surface area contributed by atoms with Crippen molar-refractivity contribution in [3.63, 3.8) is 0 Å². The number of benzene rings is 1. The number of amides is 1. The maximum Gasteiger partial charge on any atom is 0.374 e. The molecule has 0 fully saturated rings. The molecule has 0 aliphatic carbocycles. The number of allylic oxidation sites excluding steroid dienone is 4. The van der Waals surface area contributed by atoms with Crippen molar-refractivity contribution in [2.24, 2.45) is 5.92 Å². The van der Waals surface area contributed by atoms with Gasteiger partial charge in [-0.1, -0.05) is 36.4 Å². The van der Waals surface area contributed by atoms with Gasteiger partial charge in [-0.25, -0.2) is 4.21 Å². The standard InChI is InChI=1S/C21H22N4O5S2/c1-5-15(7-6-14(4)22-20(26)18-12-31-25-23-18)16-8-10-17(11-9-16)32(29,30)24-19(13(2)3)21(27)28/h1,6-13,19H,2-4H3,(H,22,26)(H,27,28)(H,24,29,30)/p+1/b14-6+,15-7+/t19-/m0/s1. The lowest BCUT2D eigenvalue weighted by Gasteiger charge is -2.15. The number of nitrogens with one attached hydrogen (secondary N) is 2. The highest BCUT2D eigenvalue weighted by Gasteiger charge is 2.31. The molecule has 1 aromatic heterocycles. The number of hydrogen-bond acceptors (Lipinski definition) is 6. The highest BCUT2D eigenvalue weighted by molar-refractivity contribution is 7.89. The summed E-state index contributed by atoms with van der Waals surface area (Å²) >= 11 is 1.07. The highest BCUT2D eigenvalue weighted by Crippen LogP contribution is 2.18. The molecule has 1 aromatic carbocycles. The van der Waals surface area contributed by atoms with Crippen molar-refractivity contribution < 1.29 is 23.1 Å². The second-order valence-electron chi connectivity index (χ2n) is 7.05. The average molecular weight is 476 g/mol. The molecule has 9 nitrogen and oxygen atoms in total. The van der Waals surface area contributed by atoms with E-state index in [-0.39, 0.29) is 10.6 Å². The van der Waals surface area contributed by atoms with E-state index in [1.807, 2.05) is 0 Å². The molecular weight excluding hydrogens is 452 g/mol. The van der Waals surface area contributed by atoms with E-state index in [4.69, 9.17) is 6.42 Å². The minimum atomic E-state index is -3.78. The molecule has 2 aromatic rings. The van der Waals surface area contributed by atoms with Crippen LogP contribution in [0.25, 0.3) is 5.57 Å². The molecule has 2 atom stereocenters. The van der Waals surface area contributed by atoms with E-state index >= 15 is 0 Å². The topological polar surface area (TPSA) is 143 Å². The lowest BCUT2D eigenvalue weighted by molar-refractivity contribution is -0.140. The van der Waals surface area contributed by atoms with Crippen LogP contribution in [0.5, 0.6) is 0 Å². The molecule has 0 saturated heterocycles. The summed E-state index contributed by atoms with van der Waals surface area (Å²) in [5, 5.41) is 17.1. The fraction of sp³-hybridized carbons (Fsp3) is 0.238. The Balaban J connectivity index is 2.18. The second kappa shape index (κ2) is 10.8. The second-order valence-corrected chi connectivity index (χ2v) is 9.42. The summed E-state index contributed by atoms with van der Waals surface area (Å²) in [5.41, 5.74) is 1.82. The van der Waals surface area contributed by atoms with Crippen LogP contribution in [0.4, 0.5) is 0 Å². The normalized spacial score (nSPS) is 15.0. The first kappa shape index (κ1) is 24.9. The fourth-order valence-corrected chi connectivity index (χ4v) is 4.31. The number of carboxylic acid groups (broad SMARTS) is 1. The van der Waals surface area contributed by atoms with Crippen molar-refractivity contribution in [3.05, 3.63) is 58.8 Å². The predicted octanol–water partition coefficient (Wildman–Crippen LogP) is 2.43. The molecule has 1 unspecified atom stereocenters. The molecule has 0 aliphatic rings. The van der Waals surface area contributed by atoms with E-state index in [1.165, 1.54) is 17.5 Å². The summed E-state index contributed by atoms with van der Waals surface area (Å²) in [6.07, 6.45) is 8.84. The van der Waals surface area contributed by atoms with Gasteiger partial charge in [0.15, 0.2) is 5.69 Å². The first-order chi connectivity index (χ1) is 15.0. The van der Waals surface area contributed by atoms with Gasteiger partial charge in [-0.05, 0) is 54.2 Å². The monoisotopic (exact) mass is 475 g/mol. The van der Waals surface area contributed by atoms with Gasteiger partial charge >= 0.3 is 16.0 Å². The Morgan fingerprint density at radius 1 is 1.28 bits per heavy atom. The zero-order valence-electron chi connectivity index (χ0n) is 17.6. The van der Waals surface area contributed by atoms with Crippen LogP contribution in [0.3, 0.4) is 0 Å². The third kappa shape index (κ3) is 6.58. The molecule has 11 heteroatoms. The van der Waals surface area contributed by atoms with E-state index < -0.39 is 33.9 Å². The largest absolute Gasteiger partial charge is 0.480 e. The summed E-state index contributed by atoms with van der Waals surface area (Å²) in [6, 6.07) is 4.75. The van der Waals surface area contributed by atoms with Crippen LogP contribution in [0.1, 0.15) is 36.8 Å². The lowest BCUT2D eigenvalue weighted by atomic mass is 10.1. The molecule has 168 valence electrons. The Morgan fingerprint density at radius 2 is 1.94 bits per heavy atom. The SMILES string of the molecule is C#C/C(=C\C=C(/C)NC(=O)c1csnn1)c1ccc(S(=O)(=[OH+])N[C@H](C(=O)O)C(C)C)cc1. The average Bonchev–Trinajstić information content (AvgIpc) is 3.27. The van der Waals surface area contributed by atoms with Crippen LogP contribution >= 0.6 is 11.5 Å². The molecule has 1 amide bonds. The molecule has 0 radical (unpaired) electrons. The molecule has 0 bridgehead atoms. The van der Waals surface area contributed by atoms with Crippen molar-refractivity contribution >= 4 is 39.0 Å². The molecule has 0 saturated carbocycles. The number of nitrogens with zero attached hydrogens (tertiary/aromatic N) is 2. The van der Waals surface area contributed by atoms with Crippen LogP contribution in [0.15, 0.2) is 52.4 Å². The van der Waals surface area contributed by atoms with E-state index in [0.29, 0.717) is 16.8 Å². The maximum atomic E-state index is 12.6. The number of rotatable bonds is 9. The number of aliphatic carboxylic acids is 1. The van der Waals surface area contributed by atoms with Gasteiger partial charge in [0.25, 0.3) is 5.91 Å². The molecule has 4 N–H and O–H groups in total. The van der Waals surface area contributed by atoms with Gasteiger partial charge in [-0.2, -0.15) is 8.93 Å². The quantitative estimate of drug-likeness (QED) is 0.289. The van der Waals surface area contributed by atoms with Crippen molar-refractivity contribution in [1.82, 2.24) is 19.6 Å². The Labute approximate surface area is 190 Å². The number of aromatic nitrogens is 2. The van der Waals surface area contributed by atoms with Gasteiger partial charge in [0, 0.05) is 16.7 Å². The van der Waals surface area contributed by atoms with Crippen molar-refractivity contribution in [2.75, 3.05) is 0 Å². The summed E-state index contributed by atoms with van der Waals surface area (Å²) in [4.78, 5) is 23.3. The Hall–Kier alpha value is -3.33. The summed E-state index contributed by atoms with van der Waals surface area (Å²) in [7, 11) is -3.78. The zero-order chi connectivity index (χ0) is 23.9. The predicted molar refractivity (Wildman–Crippen MR) is 122 cm³/mol. The molecule has 1 heterocycles. The van der Waals surface area contributed by atoms with Gasteiger partial charge < -0.3 is 10.4 Å². The van der Waals surface area contributed by atoms with Crippen molar-refractivity contribution in [3.8, 4) is 12.3 Å². The minimum Gasteiger partial charge on any atom is -0.480 e. The van der Waals surface area contributed by atoms with Crippen LogP contribution in [0.2, 0.25) is 0 Å². The van der Waals surface area contributed by atoms with Gasteiger partial charge in [-0.3, -0.25) is 9.59 Å². The first-order valence-corrected chi connectivity index (χ1v) is 11.7. The smallest absolute Gasteiger partial charge is 0.374 e. The van der Waals surface area contributed by atoms with E-state index in [9.17, 15) is 23.1 Å². The molecule has 2 rings (SSSR count). The van der Waals surface area contributed by atoms with Crippen LogP contribution in [-0.4, -0.2) is 41.0 Å². The lowest BCUT2D eigenvalue weighted by Crippen LogP contribution is -2.44. The van der Waals surface area contributed by atoms with E-state index in [1.54, 1.807) is 45.1 Å². The van der Waals surface area contributed by atoms with Gasteiger partial charge in [-0.15, -0.1) is 11.5 Å². The summed E-state index contributed by atoms with van der Waals surface area (Å²) in [6.45, 7) is 4.96. The first-order valence-electron chi connectivity index (χ1n) is 9.36. The number of carbonyl (C=O) groups excluding carboxylic acids is 1. The fourth-order valence-electron chi connectivity index (χ4n) is 2.52. The summed E-state index contributed by atoms with van der Waals surface area (Å²) in [5.74, 6) is 0.538. The van der Waals surface area contributed by atoms with E-state index in [2.05, 4.69) is 25.5 Å². The number of carbonyl (C=O) groups is 2. The highest BCUT2D eigenvalue weighted by atomic mass is 32.2. The molecule has 32 heavy (non-hydrogen) atoms. The number of hydrogen-bond donors (Lipinski definition) is 3. The third-order valence-electron chi connectivity index (χ3n) is 4.26. The van der Waals surface area contributed by atoms with Gasteiger partial charge in [0.05, 0.1) is 0 Å². The number of carboxylic acids is 1. The van der Waals surface area contributed by atoms with Gasteiger partial charge in [0.1, 0.15) is 10.9 Å². The van der Waals surface area contributed by atoms with Crippen molar-refractivity contribution in [2.45, 2.75) is 31.7 Å². The molecular formula is C21H23N4O5S2+. The third-order valence-corrected chi connectivity index (χ3v) is 6.25. The van der Waals surface area contributed by atoms with Gasteiger partial charge in [0.2, 0.25) is 0 Å². The summed E-state index contributed by atoms with van der Waals surface area (Å²) < 4.78 is 28.9. The Kier molecular flexibility index (Phi) is 8.42. The maximum absolute atomic E-state index is 12.6.